The highest BCUT2D eigenvalue weighted by atomic mass is 32.1. The van der Waals surface area contributed by atoms with E-state index in [-0.39, 0.29) is 6.54 Å². The summed E-state index contributed by atoms with van der Waals surface area (Å²) in [6.07, 6.45) is 0.522. The molecule has 1 aliphatic rings. The van der Waals surface area contributed by atoms with Gasteiger partial charge in [0, 0.05) is 17.8 Å². The summed E-state index contributed by atoms with van der Waals surface area (Å²) >= 11 is 1.35. The number of carboxylic acids is 1. The van der Waals surface area contributed by atoms with Gasteiger partial charge in [0.2, 0.25) is 0 Å². The van der Waals surface area contributed by atoms with Gasteiger partial charge in [-0.05, 0) is 26.3 Å². The highest BCUT2D eigenvalue weighted by Gasteiger charge is 2.31. The molecule has 0 saturated carbocycles. The lowest BCUT2D eigenvalue weighted by atomic mass is 9.94. The zero-order chi connectivity index (χ0) is 18.5. The third kappa shape index (κ3) is 3.07. The second kappa shape index (κ2) is 5.96. The van der Waals surface area contributed by atoms with Gasteiger partial charge in [0.25, 0.3) is 5.56 Å². The molecule has 0 N–H and O–H groups in total. The number of aliphatic carboxylic acids is 1. The summed E-state index contributed by atoms with van der Waals surface area (Å²) in [6.45, 7) is 9.27. The van der Waals surface area contributed by atoms with Gasteiger partial charge in [-0.3, -0.25) is 13.9 Å². The number of carbonyl (C=O) groups is 1. The normalized spacial score (nSPS) is 16.0. The number of fused-ring (bicyclic) bond motifs is 3. The van der Waals surface area contributed by atoms with Crippen LogP contribution >= 0.6 is 11.3 Å². The van der Waals surface area contributed by atoms with Gasteiger partial charge in [-0.1, -0.05) is 12.2 Å². The summed E-state index contributed by atoms with van der Waals surface area (Å²) in [5, 5.41) is 11.4. The van der Waals surface area contributed by atoms with Crippen LogP contribution in [0.25, 0.3) is 10.2 Å². The van der Waals surface area contributed by atoms with Crippen LogP contribution in [0.3, 0.4) is 0 Å². The molecule has 1 aliphatic heterocycles. The summed E-state index contributed by atoms with van der Waals surface area (Å²) < 4.78 is 7.95. The molecule has 25 heavy (non-hydrogen) atoms. The van der Waals surface area contributed by atoms with Crippen LogP contribution in [0.4, 0.5) is 0 Å². The number of carbonyl (C=O) groups excluding carboxylic acids is 1. The molecule has 0 amide bonds. The zero-order valence-corrected chi connectivity index (χ0v) is 15.2. The molecule has 2 aromatic heterocycles. The summed E-state index contributed by atoms with van der Waals surface area (Å²) in [6, 6.07) is 0. The molecule has 3 rings (SSSR count). The SMILES string of the molecule is C=C(C)Cn1c(=O)n(CC(=O)[O-])c(=O)c2c3c(sc21)COC(C)(C)C3. The standard InChI is InChI=1S/C17H20N2O5S/c1-9(2)6-19-15-13(14(22)18(16(19)23)7-12(20)21)10-5-17(3,4)24-8-11(10)25-15/h1,5-8H2,2-4H3,(H,20,21)/p-1. The van der Waals surface area contributed by atoms with Gasteiger partial charge < -0.3 is 14.6 Å². The fourth-order valence-electron chi connectivity index (χ4n) is 3.08. The van der Waals surface area contributed by atoms with Crippen LogP contribution in [0.5, 0.6) is 0 Å². The van der Waals surface area contributed by atoms with E-state index in [0.717, 1.165) is 20.6 Å². The average Bonchev–Trinajstić information content (AvgIpc) is 2.84. The number of hydrogen-bond donors (Lipinski definition) is 0. The maximum absolute atomic E-state index is 12.9. The monoisotopic (exact) mass is 363 g/mol. The minimum absolute atomic E-state index is 0.215. The van der Waals surface area contributed by atoms with Crippen LogP contribution in [0.2, 0.25) is 0 Å². The first-order chi connectivity index (χ1) is 11.6. The Kier molecular flexibility index (Phi) is 4.20. The number of carboxylic acid groups (broad SMARTS) is 1. The van der Waals surface area contributed by atoms with Crippen molar-refractivity contribution in [2.75, 3.05) is 0 Å². The van der Waals surface area contributed by atoms with Gasteiger partial charge in [-0.25, -0.2) is 4.79 Å². The number of ether oxygens (including phenoxy) is 1. The molecular weight excluding hydrogens is 344 g/mol. The molecule has 3 heterocycles. The molecular formula is C17H19N2O5S-. The van der Waals surface area contributed by atoms with Crippen molar-refractivity contribution < 1.29 is 14.6 Å². The van der Waals surface area contributed by atoms with Crippen LogP contribution in [0.1, 0.15) is 31.2 Å². The summed E-state index contributed by atoms with van der Waals surface area (Å²) in [4.78, 5) is 38.0. The van der Waals surface area contributed by atoms with Gasteiger partial charge in [0.05, 0.1) is 30.1 Å². The first-order valence-electron chi connectivity index (χ1n) is 7.87. The molecule has 134 valence electrons. The van der Waals surface area contributed by atoms with Gasteiger partial charge >= 0.3 is 5.69 Å². The van der Waals surface area contributed by atoms with Crippen LogP contribution in [0.15, 0.2) is 21.7 Å². The number of thiophene rings is 1. The van der Waals surface area contributed by atoms with Gasteiger partial charge in [-0.15, -0.1) is 11.3 Å². The maximum atomic E-state index is 12.9. The van der Waals surface area contributed by atoms with E-state index in [1.165, 1.54) is 15.9 Å². The average molecular weight is 363 g/mol. The quantitative estimate of drug-likeness (QED) is 0.733. The largest absolute Gasteiger partial charge is 0.548 e. The third-order valence-electron chi connectivity index (χ3n) is 4.15. The molecule has 0 unspecified atom stereocenters. The Morgan fingerprint density at radius 1 is 1.32 bits per heavy atom. The van der Waals surface area contributed by atoms with Gasteiger partial charge in [0.15, 0.2) is 0 Å². The molecule has 0 atom stereocenters. The number of rotatable bonds is 4. The van der Waals surface area contributed by atoms with E-state index in [0.29, 0.717) is 23.2 Å². The van der Waals surface area contributed by atoms with Crippen molar-refractivity contribution in [3.05, 3.63) is 43.4 Å². The third-order valence-corrected chi connectivity index (χ3v) is 5.38. The smallest absolute Gasteiger partial charge is 0.332 e. The molecule has 0 saturated heterocycles. The predicted molar refractivity (Wildman–Crippen MR) is 92.7 cm³/mol. The minimum Gasteiger partial charge on any atom is -0.548 e. The Labute approximate surface area is 147 Å². The van der Waals surface area contributed by atoms with Crippen molar-refractivity contribution in [3.63, 3.8) is 0 Å². The molecule has 2 aromatic rings. The fourth-order valence-corrected chi connectivity index (χ4v) is 4.30. The predicted octanol–water partition coefficient (Wildman–Crippen LogP) is 0.402. The van der Waals surface area contributed by atoms with E-state index in [1.54, 1.807) is 6.92 Å². The Balaban J connectivity index is 2.39. The second-order valence-electron chi connectivity index (χ2n) is 7.00. The maximum Gasteiger partial charge on any atom is 0.332 e. The molecule has 0 fully saturated rings. The molecule has 8 heteroatoms. The Hall–Kier alpha value is -2.19. The highest BCUT2D eigenvalue weighted by Crippen LogP contribution is 2.37. The van der Waals surface area contributed by atoms with Crippen LogP contribution in [-0.2, 0) is 35.6 Å². The Morgan fingerprint density at radius 3 is 2.60 bits per heavy atom. The van der Waals surface area contributed by atoms with Gasteiger partial charge in [0.1, 0.15) is 4.83 Å². The van der Waals surface area contributed by atoms with E-state index in [2.05, 4.69) is 6.58 Å². The lowest BCUT2D eigenvalue weighted by molar-refractivity contribution is -0.306. The number of aromatic nitrogens is 2. The van der Waals surface area contributed by atoms with E-state index >= 15 is 0 Å². The van der Waals surface area contributed by atoms with Crippen molar-refractivity contribution >= 4 is 27.5 Å². The van der Waals surface area contributed by atoms with E-state index in [4.69, 9.17) is 4.74 Å². The number of allylic oxidation sites excluding steroid dienone is 1. The van der Waals surface area contributed by atoms with Crippen molar-refractivity contribution in [1.29, 1.82) is 0 Å². The topological polar surface area (TPSA) is 93.4 Å². The van der Waals surface area contributed by atoms with Gasteiger partial charge in [-0.2, -0.15) is 0 Å². The molecule has 0 spiro atoms. The Morgan fingerprint density at radius 2 is 2.00 bits per heavy atom. The van der Waals surface area contributed by atoms with Crippen LogP contribution in [-0.4, -0.2) is 20.7 Å². The molecule has 0 aromatic carbocycles. The fraction of sp³-hybridized carbons (Fsp3) is 0.471. The summed E-state index contributed by atoms with van der Waals surface area (Å²) in [5.74, 6) is -1.48. The highest BCUT2D eigenvalue weighted by molar-refractivity contribution is 7.18. The van der Waals surface area contributed by atoms with E-state index in [1.807, 2.05) is 13.8 Å². The zero-order valence-electron chi connectivity index (χ0n) is 14.4. The number of nitrogens with zero attached hydrogens (tertiary/aromatic N) is 2. The van der Waals surface area contributed by atoms with Crippen LogP contribution < -0.4 is 16.4 Å². The second-order valence-corrected chi connectivity index (χ2v) is 8.08. The van der Waals surface area contributed by atoms with E-state index in [9.17, 15) is 19.5 Å². The van der Waals surface area contributed by atoms with Crippen molar-refractivity contribution in [3.8, 4) is 0 Å². The summed E-state index contributed by atoms with van der Waals surface area (Å²) in [5.41, 5.74) is -0.114. The van der Waals surface area contributed by atoms with Crippen LogP contribution in [0, 0.1) is 0 Å². The number of hydrogen-bond acceptors (Lipinski definition) is 6. The molecule has 0 radical (unpaired) electrons. The molecule has 0 aliphatic carbocycles. The first kappa shape index (κ1) is 17.6. The van der Waals surface area contributed by atoms with Crippen molar-refractivity contribution in [2.45, 2.75) is 52.5 Å². The summed E-state index contributed by atoms with van der Waals surface area (Å²) in [7, 11) is 0. The first-order valence-corrected chi connectivity index (χ1v) is 8.68. The molecule has 7 nitrogen and oxygen atoms in total. The molecule has 0 bridgehead atoms. The van der Waals surface area contributed by atoms with Crippen molar-refractivity contribution in [2.24, 2.45) is 0 Å². The van der Waals surface area contributed by atoms with E-state index < -0.39 is 29.4 Å². The lowest BCUT2D eigenvalue weighted by Crippen LogP contribution is -2.44. The van der Waals surface area contributed by atoms with Crippen molar-refractivity contribution in [1.82, 2.24) is 9.13 Å². The lowest BCUT2D eigenvalue weighted by Gasteiger charge is -2.29. The Bertz CT molecular complexity index is 1010. The minimum atomic E-state index is -1.48.